The van der Waals surface area contributed by atoms with Crippen molar-refractivity contribution >= 4 is 9.84 Å². The summed E-state index contributed by atoms with van der Waals surface area (Å²) in [5.74, 6) is 0.387. The molecule has 0 radical (unpaired) electrons. The van der Waals surface area contributed by atoms with Gasteiger partial charge in [-0.2, -0.15) is 0 Å². The van der Waals surface area contributed by atoms with Crippen LogP contribution in [0.2, 0.25) is 0 Å². The molecule has 0 aliphatic heterocycles. The second kappa shape index (κ2) is 3.81. The van der Waals surface area contributed by atoms with Crippen molar-refractivity contribution in [2.75, 3.05) is 0 Å². The maximum atomic E-state index is 12.1. The van der Waals surface area contributed by atoms with E-state index in [1.165, 1.54) is 0 Å². The van der Waals surface area contributed by atoms with E-state index in [-0.39, 0.29) is 0 Å². The van der Waals surface area contributed by atoms with Gasteiger partial charge >= 0.3 is 0 Å². The molecule has 0 heterocycles. The predicted molar refractivity (Wildman–Crippen MR) is 60.1 cm³/mol. The van der Waals surface area contributed by atoms with E-state index in [1.54, 1.807) is 24.3 Å². The van der Waals surface area contributed by atoms with Gasteiger partial charge in [0.15, 0.2) is 0 Å². The minimum absolute atomic E-state index is 0.387. The number of hydrogen-bond acceptors (Lipinski definition) is 2. The van der Waals surface area contributed by atoms with Gasteiger partial charge in [0.2, 0.25) is 9.84 Å². The van der Waals surface area contributed by atoms with Crippen LogP contribution >= 0.6 is 0 Å². The van der Waals surface area contributed by atoms with Crippen LogP contribution < -0.4 is 0 Å². The van der Waals surface area contributed by atoms with E-state index >= 15 is 0 Å². The average Bonchev–Trinajstić information content (AvgIpc) is 2.67. The first kappa shape index (κ1) is 10.4. The van der Waals surface area contributed by atoms with E-state index < -0.39 is 9.84 Å². The first-order chi connectivity index (χ1) is 7.10. The molecular formula is C12H14O2S. The molecular weight excluding hydrogens is 208 g/mol. The summed E-state index contributed by atoms with van der Waals surface area (Å²) < 4.78 is 24.2. The van der Waals surface area contributed by atoms with Crippen molar-refractivity contribution in [2.24, 2.45) is 5.92 Å². The lowest BCUT2D eigenvalue weighted by Gasteiger charge is -2.03. The zero-order valence-electron chi connectivity index (χ0n) is 8.68. The highest BCUT2D eigenvalue weighted by molar-refractivity contribution is 7.95. The second-order valence-corrected chi connectivity index (χ2v) is 5.97. The molecule has 2 rings (SSSR count). The van der Waals surface area contributed by atoms with Crippen molar-refractivity contribution in [1.29, 1.82) is 0 Å². The van der Waals surface area contributed by atoms with E-state index in [9.17, 15) is 8.42 Å². The van der Waals surface area contributed by atoms with Crippen LogP contribution in [-0.4, -0.2) is 8.42 Å². The van der Waals surface area contributed by atoms with Gasteiger partial charge in [-0.15, -0.1) is 0 Å². The topological polar surface area (TPSA) is 34.1 Å². The van der Waals surface area contributed by atoms with E-state index in [2.05, 4.69) is 0 Å². The quantitative estimate of drug-likeness (QED) is 0.771. The summed E-state index contributed by atoms with van der Waals surface area (Å²) in [6.07, 6.45) is 3.50. The standard InChI is InChI=1S/C12H14O2S/c1-10-7-8-12(9-10)15(13,14)11-5-3-2-4-6-11/h2-6,9-10H,7-8H2,1H3/t10-/m0/s1. The predicted octanol–water partition coefficient (Wildman–Crippen LogP) is 2.77. The average molecular weight is 222 g/mol. The number of sulfone groups is 1. The summed E-state index contributed by atoms with van der Waals surface area (Å²) in [4.78, 5) is 0.992. The number of hydrogen-bond donors (Lipinski definition) is 0. The summed E-state index contributed by atoms with van der Waals surface area (Å²) in [5, 5.41) is 0. The van der Waals surface area contributed by atoms with Gasteiger partial charge in [-0.3, -0.25) is 0 Å². The lowest BCUT2D eigenvalue weighted by molar-refractivity contribution is 0.600. The molecule has 0 spiro atoms. The molecule has 0 saturated carbocycles. The third-order valence-corrected chi connectivity index (χ3v) is 4.64. The normalized spacial score (nSPS) is 21.4. The molecule has 0 amide bonds. The van der Waals surface area contributed by atoms with Gasteiger partial charge in [0.25, 0.3) is 0 Å². The Kier molecular flexibility index (Phi) is 2.65. The van der Waals surface area contributed by atoms with Crippen molar-refractivity contribution in [3.8, 4) is 0 Å². The van der Waals surface area contributed by atoms with Crippen LogP contribution in [0, 0.1) is 5.92 Å². The zero-order valence-corrected chi connectivity index (χ0v) is 9.50. The Morgan fingerprint density at radius 2 is 1.87 bits per heavy atom. The molecule has 1 atom stereocenters. The van der Waals surface area contributed by atoms with Gasteiger partial charge in [-0.25, -0.2) is 8.42 Å². The molecule has 0 aromatic heterocycles. The molecule has 1 aliphatic carbocycles. The minimum Gasteiger partial charge on any atom is -0.219 e. The third kappa shape index (κ3) is 1.97. The lowest BCUT2D eigenvalue weighted by atomic mass is 10.2. The largest absolute Gasteiger partial charge is 0.219 e. The van der Waals surface area contributed by atoms with Gasteiger partial charge < -0.3 is 0 Å². The second-order valence-electron chi connectivity index (χ2n) is 3.97. The molecule has 15 heavy (non-hydrogen) atoms. The molecule has 0 unspecified atom stereocenters. The molecule has 2 nitrogen and oxygen atoms in total. The summed E-state index contributed by atoms with van der Waals surface area (Å²) >= 11 is 0. The van der Waals surface area contributed by atoms with E-state index in [0.717, 1.165) is 6.42 Å². The van der Waals surface area contributed by atoms with Crippen LogP contribution in [0.1, 0.15) is 19.8 Å². The minimum atomic E-state index is -3.21. The van der Waals surface area contributed by atoms with Crippen molar-refractivity contribution in [1.82, 2.24) is 0 Å². The Labute approximate surface area is 90.6 Å². The number of allylic oxidation sites excluding steroid dienone is 2. The maximum absolute atomic E-state index is 12.1. The van der Waals surface area contributed by atoms with Gasteiger partial charge in [-0.1, -0.05) is 31.2 Å². The van der Waals surface area contributed by atoms with E-state index in [0.29, 0.717) is 22.1 Å². The molecule has 1 aromatic rings. The monoisotopic (exact) mass is 222 g/mol. The van der Waals surface area contributed by atoms with Gasteiger partial charge in [-0.05, 0) is 30.9 Å². The van der Waals surface area contributed by atoms with Gasteiger partial charge in [0.1, 0.15) is 0 Å². The van der Waals surface area contributed by atoms with Crippen molar-refractivity contribution in [3.63, 3.8) is 0 Å². The Hall–Kier alpha value is -1.09. The van der Waals surface area contributed by atoms with Crippen LogP contribution in [0.5, 0.6) is 0 Å². The molecule has 0 bridgehead atoms. The highest BCUT2D eigenvalue weighted by atomic mass is 32.2. The first-order valence-electron chi connectivity index (χ1n) is 5.11. The molecule has 1 aliphatic rings. The zero-order chi connectivity index (χ0) is 10.9. The summed E-state index contributed by atoms with van der Waals surface area (Å²) in [6, 6.07) is 8.64. The summed E-state index contributed by atoms with van der Waals surface area (Å²) in [6.45, 7) is 2.05. The van der Waals surface area contributed by atoms with Gasteiger partial charge in [0, 0.05) is 4.91 Å². The Morgan fingerprint density at radius 3 is 2.40 bits per heavy atom. The van der Waals surface area contributed by atoms with Crippen molar-refractivity contribution in [2.45, 2.75) is 24.7 Å². The van der Waals surface area contributed by atoms with Crippen LogP contribution in [0.25, 0.3) is 0 Å². The molecule has 1 aromatic carbocycles. The Morgan fingerprint density at radius 1 is 1.20 bits per heavy atom. The molecule has 0 fully saturated rings. The molecule has 3 heteroatoms. The molecule has 0 N–H and O–H groups in total. The summed E-state index contributed by atoms with van der Waals surface area (Å²) in [5.41, 5.74) is 0. The van der Waals surface area contributed by atoms with Crippen molar-refractivity contribution < 1.29 is 8.42 Å². The highest BCUT2D eigenvalue weighted by Crippen LogP contribution is 2.31. The molecule has 80 valence electrons. The fourth-order valence-electron chi connectivity index (χ4n) is 1.83. The fraction of sp³-hybridized carbons (Fsp3) is 0.333. The van der Waals surface area contributed by atoms with E-state index in [1.807, 2.05) is 19.1 Å². The molecule has 0 saturated heterocycles. The van der Waals surface area contributed by atoms with Gasteiger partial charge in [0.05, 0.1) is 4.90 Å². The Balaban J connectivity index is 2.41. The van der Waals surface area contributed by atoms with Crippen molar-refractivity contribution in [3.05, 3.63) is 41.3 Å². The smallest absolute Gasteiger partial charge is 0.202 e. The SMILES string of the molecule is C[C@@H]1C=C(S(=O)(=O)c2ccccc2)CC1. The maximum Gasteiger partial charge on any atom is 0.202 e. The number of benzene rings is 1. The highest BCUT2D eigenvalue weighted by Gasteiger charge is 2.24. The lowest BCUT2D eigenvalue weighted by Crippen LogP contribution is -2.02. The van der Waals surface area contributed by atoms with Crippen LogP contribution in [0.4, 0.5) is 0 Å². The fourth-order valence-corrected chi connectivity index (χ4v) is 3.45. The first-order valence-corrected chi connectivity index (χ1v) is 6.60. The van der Waals surface area contributed by atoms with Crippen LogP contribution in [0.3, 0.4) is 0 Å². The van der Waals surface area contributed by atoms with Crippen LogP contribution in [0.15, 0.2) is 46.2 Å². The third-order valence-electron chi connectivity index (χ3n) is 2.72. The Bertz CT molecular complexity index is 472. The van der Waals surface area contributed by atoms with Crippen LogP contribution in [-0.2, 0) is 9.84 Å². The number of rotatable bonds is 2. The van der Waals surface area contributed by atoms with E-state index in [4.69, 9.17) is 0 Å². The summed E-state index contributed by atoms with van der Waals surface area (Å²) in [7, 11) is -3.21.